The van der Waals surface area contributed by atoms with Crippen molar-refractivity contribution in [3.63, 3.8) is 0 Å². The summed E-state index contributed by atoms with van der Waals surface area (Å²) in [5.74, 6) is 0.819. The van der Waals surface area contributed by atoms with Crippen molar-refractivity contribution < 1.29 is 4.74 Å². The predicted molar refractivity (Wildman–Crippen MR) is 80.2 cm³/mol. The molecule has 1 heterocycles. The highest BCUT2D eigenvalue weighted by Gasteiger charge is 2.12. The van der Waals surface area contributed by atoms with Crippen LogP contribution in [0.4, 0.5) is 0 Å². The van der Waals surface area contributed by atoms with Crippen LogP contribution < -0.4 is 15.6 Å². The van der Waals surface area contributed by atoms with E-state index in [1.165, 1.54) is 0 Å². The van der Waals surface area contributed by atoms with Crippen LogP contribution in [0.25, 0.3) is 0 Å². The molecule has 0 aliphatic carbocycles. The van der Waals surface area contributed by atoms with Crippen LogP contribution in [-0.2, 0) is 6.54 Å². The molecule has 4 heteroatoms. The van der Waals surface area contributed by atoms with Gasteiger partial charge in [-0.3, -0.25) is 4.79 Å². The molecule has 4 nitrogen and oxygen atoms in total. The summed E-state index contributed by atoms with van der Waals surface area (Å²) in [6.45, 7) is 2.54. The van der Waals surface area contributed by atoms with E-state index in [0.717, 1.165) is 17.0 Å². The van der Waals surface area contributed by atoms with Gasteiger partial charge in [0.15, 0.2) is 0 Å². The van der Waals surface area contributed by atoms with E-state index in [2.05, 4.69) is 5.32 Å². The van der Waals surface area contributed by atoms with Gasteiger partial charge >= 0.3 is 0 Å². The average molecular weight is 272 g/mol. The third-order valence-corrected chi connectivity index (χ3v) is 3.48. The Morgan fingerprint density at radius 1 is 1.25 bits per heavy atom. The van der Waals surface area contributed by atoms with E-state index < -0.39 is 0 Å². The molecule has 0 aliphatic rings. The highest BCUT2D eigenvalue weighted by molar-refractivity contribution is 5.30. The Kier molecular flexibility index (Phi) is 4.58. The second kappa shape index (κ2) is 6.39. The molecule has 0 amide bonds. The van der Waals surface area contributed by atoms with Crippen LogP contribution in [0.5, 0.6) is 5.75 Å². The van der Waals surface area contributed by atoms with Crippen LogP contribution in [0.3, 0.4) is 0 Å². The lowest BCUT2D eigenvalue weighted by Gasteiger charge is -2.20. The molecule has 1 aromatic carbocycles. The SMILES string of the molecule is CNC(Cn1c(C)cccc1=O)c1cccc(OC)c1. The van der Waals surface area contributed by atoms with Gasteiger partial charge in [0, 0.05) is 18.3 Å². The monoisotopic (exact) mass is 272 g/mol. The van der Waals surface area contributed by atoms with Crippen LogP contribution >= 0.6 is 0 Å². The number of hydrogen-bond acceptors (Lipinski definition) is 3. The molecule has 1 unspecified atom stereocenters. The van der Waals surface area contributed by atoms with E-state index >= 15 is 0 Å². The summed E-state index contributed by atoms with van der Waals surface area (Å²) in [5, 5.41) is 3.26. The van der Waals surface area contributed by atoms with Crippen molar-refractivity contribution in [3.8, 4) is 5.75 Å². The van der Waals surface area contributed by atoms with Crippen LogP contribution in [-0.4, -0.2) is 18.7 Å². The lowest BCUT2D eigenvalue weighted by Crippen LogP contribution is -2.29. The van der Waals surface area contributed by atoms with Crippen LogP contribution in [0.2, 0.25) is 0 Å². The van der Waals surface area contributed by atoms with Crippen LogP contribution in [0, 0.1) is 6.92 Å². The Morgan fingerprint density at radius 3 is 2.65 bits per heavy atom. The van der Waals surface area contributed by atoms with Crippen molar-refractivity contribution in [1.82, 2.24) is 9.88 Å². The molecular weight excluding hydrogens is 252 g/mol. The Hall–Kier alpha value is -2.07. The molecule has 0 bridgehead atoms. The van der Waals surface area contributed by atoms with Crippen molar-refractivity contribution >= 4 is 0 Å². The topological polar surface area (TPSA) is 43.3 Å². The first kappa shape index (κ1) is 14.3. The highest BCUT2D eigenvalue weighted by Crippen LogP contribution is 2.20. The first-order chi connectivity index (χ1) is 9.65. The van der Waals surface area contributed by atoms with E-state index in [0.29, 0.717) is 6.54 Å². The smallest absolute Gasteiger partial charge is 0.250 e. The molecule has 2 rings (SSSR count). The molecule has 0 spiro atoms. The summed E-state index contributed by atoms with van der Waals surface area (Å²) in [6.07, 6.45) is 0. The lowest BCUT2D eigenvalue weighted by atomic mass is 10.1. The van der Waals surface area contributed by atoms with Gasteiger partial charge in [0.05, 0.1) is 13.2 Å². The molecule has 0 saturated carbocycles. The molecule has 1 aromatic heterocycles. The quantitative estimate of drug-likeness (QED) is 0.906. The second-order valence-electron chi connectivity index (χ2n) is 4.73. The molecule has 106 valence electrons. The number of hydrogen-bond donors (Lipinski definition) is 1. The van der Waals surface area contributed by atoms with Crippen molar-refractivity contribution in [2.24, 2.45) is 0 Å². The average Bonchev–Trinajstić information content (AvgIpc) is 2.47. The zero-order valence-electron chi connectivity index (χ0n) is 12.1. The van der Waals surface area contributed by atoms with E-state index in [1.807, 2.05) is 44.3 Å². The van der Waals surface area contributed by atoms with Crippen LogP contribution in [0.1, 0.15) is 17.3 Å². The fourth-order valence-electron chi connectivity index (χ4n) is 2.26. The summed E-state index contributed by atoms with van der Waals surface area (Å²) < 4.78 is 7.03. The highest BCUT2D eigenvalue weighted by atomic mass is 16.5. The summed E-state index contributed by atoms with van der Waals surface area (Å²) in [5.41, 5.74) is 2.08. The van der Waals surface area contributed by atoms with Crippen molar-refractivity contribution in [3.05, 3.63) is 64.1 Å². The third kappa shape index (κ3) is 3.08. The number of aromatic nitrogens is 1. The Labute approximate surface area is 119 Å². The Balaban J connectivity index is 2.31. The van der Waals surface area contributed by atoms with Gasteiger partial charge in [0.25, 0.3) is 5.56 Å². The van der Waals surface area contributed by atoms with E-state index in [-0.39, 0.29) is 11.6 Å². The van der Waals surface area contributed by atoms with Gasteiger partial charge < -0.3 is 14.6 Å². The normalized spacial score (nSPS) is 12.2. The molecule has 0 saturated heterocycles. The molecule has 1 N–H and O–H groups in total. The number of methoxy groups -OCH3 is 1. The predicted octanol–water partition coefficient (Wildman–Crippen LogP) is 2.13. The van der Waals surface area contributed by atoms with Gasteiger partial charge in [-0.25, -0.2) is 0 Å². The van der Waals surface area contributed by atoms with Crippen molar-refractivity contribution in [2.45, 2.75) is 19.5 Å². The van der Waals surface area contributed by atoms with Gasteiger partial charge in [-0.15, -0.1) is 0 Å². The fraction of sp³-hybridized carbons (Fsp3) is 0.312. The minimum atomic E-state index is 0.0214. The number of nitrogens with one attached hydrogen (secondary N) is 1. The minimum absolute atomic E-state index is 0.0214. The Morgan fingerprint density at radius 2 is 2.00 bits per heavy atom. The zero-order chi connectivity index (χ0) is 14.5. The zero-order valence-corrected chi connectivity index (χ0v) is 12.1. The number of rotatable bonds is 5. The van der Waals surface area contributed by atoms with E-state index in [4.69, 9.17) is 4.74 Å². The van der Waals surface area contributed by atoms with Gasteiger partial charge in [-0.1, -0.05) is 18.2 Å². The van der Waals surface area contributed by atoms with Crippen LogP contribution in [0.15, 0.2) is 47.3 Å². The standard InChI is InChI=1S/C16H20N2O2/c1-12-6-4-9-16(19)18(12)11-15(17-2)13-7-5-8-14(10-13)20-3/h4-10,15,17H,11H2,1-3H3. The fourth-order valence-corrected chi connectivity index (χ4v) is 2.26. The van der Waals surface area contributed by atoms with Crippen molar-refractivity contribution in [1.29, 1.82) is 0 Å². The largest absolute Gasteiger partial charge is 0.497 e. The number of aryl methyl sites for hydroxylation is 1. The van der Waals surface area contributed by atoms with Gasteiger partial charge in [-0.05, 0) is 37.7 Å². The maximum Gasteiger partial charge on any atom is 0.250 e. The summed E-state index contributed by atoms with van der Waals surface area (Å²) in [4.78, 5) is 12.0. The van der Waals surface area contributed by atoms with Gasteiger partial charge in [0.2, 0.25) is 0 Å². The molecule has 0 aliphatic heterocycles. The third-order valence-electron chi connectivity index (χ3n) is 3.48. The van der Waals surface area contributed by atoms with Gasteiger partial charge in [-0.2, -0.15) is 0 Å². The van der Waals surface area contributed by atoms with Crippen molar-refractivity contribution in [2.75, 3.05) is 14.2 Å². The first-order valence-corrected chi connectivity index (χ1v) is 6.63. The number of likely N-dealkylation sites (N-methyl/N-ethyl adjacent to an activating group) is 1. The maximum atomic E-state index is 12.0. The maximum absolute atomic E-state index is 12.0. The Bertz CT molecular complexity index is 634. The molecule has 20 heavy (non-hydrogen) atoms. The minimum Gasteiger partial charge on any atom is -0.497 e. The van der Waals surface area contributed by atoms with E-state index in [1.54, 1.807) is 23.8 Å². The summed E-state index contributed by atoms with van der Waals surface area (Å²) >= 11 is 0. The number of pyridine rings is 1. The first-order valence-electron chi connectivity index (χ1n) is 6.63. The lowest BCUT2D eigenvalue weighted by molar-refractivity contribution is 0.412. The molecule has 2 aromatic rings. The summed E-state index contributed by atoms with van der Waals surface area (Å²) in [6, 6.07) is 13.3. The second-order valence-corrected chi connectivity index (χ2v) is 4.73. The number of nitrogens with zero attached hydrogens (tertiary/aromatic N) is 1. The molecular formula is C16H20N2O2. The summed E-state index contributed by atoms with van der Waals surface area (Å²) in [7, 11) is 3.55. The molecule has 0 radical (unpaired) electrons. The van der Waals surface area contributed by atoms with Gasteiger partial charge in [0.1, 0.15) is 5.75 Å². The molecule has 0 fully saturated rings. The molecule has 1 atom stereocenters. The number of ether oxygens (including phenoxy) is 1. The van der Waals surface area contributed by atoms with E-state index in [9.17, 15) is 4.79 Å². The number of benzene rings is 1.